The van der Waals surface area contributed by atoms with Crippen molar-refractivity contribution < 1.29 is 14.3 Å². The average Bonchev–Trinajstić information content (AvgIpc) is 2.73. The maximum absolute atomic E-state index is 11.3. The van der Waals surface area contributed by atoms with Gasteiger partial charge in [-0.1, -0.05) is 6.07 Å². The van der Waals surface area contributed by atoms with E-state index in [1.807, 2.05) is 25.3 Å². The number of amides is 1. The van der Waals surface area contributed by atoms with E-state index in [1.165, 1.54) is 0 Å². The minimum Gasteiger partial charge on any atom is -0.496 e. The summed E-state index contributed by atoms with van der Waals surface area (Å²) >= 11 is 0. The number of hydrogen-bond donors (Lipinski definition) is 2. The minimum absolute atomic E-state index is 0.0193. The molecule has 1 aromatic carbocycles. The Morgan fingerprint density at radius 3 is 2.57 bits per heavy atom. The number of alkyl carbamates (subject to hydrolysis) is 1. The molecule has 6 heteroatoms. The number of rotatable bonds is 6. The number of nitrogens with zero attached hydrogens (tertiary/aromatic N) is 1. The second-order valence-corrected chi connectivity index (χ2v) is 7.22. The summed E-state index contributed by atoms with van der Waals surface area (Å²) in [5, 5.41) is 6.15. The summed E-state index contributed by atoms with van der Waals surface area (Å²) in [5.74, 6) is 0.888. The molecule has 6 nitrogen and oxygen atoms in total. The average molecular weight is 383 g/mol. The number of benzene rings is 1. The van der Waals surface area contributed by atoms with Gasteiger partial charge in [0.1, 0.15) is 11.9 Å². The molecule has 28 heavy (non-hydrogen) atoms. The second-order valence-electron chi connectivity index (χ2n) is 7.22. The van der Waals surface area contributed by atoms with Crippen LogP contribution in [0.15, 0.2) is 36.5 Å². The molecule has 2 aromatic rings. The molecule has 0 saturated heterocycles. The third kappa shape index (κ3) is 5.23. The van der Waals surface area contributed by atoms with Crippen LogP contribution in [-0.4, -0.2) is 37.4 Å². The van der Waals surface area contributed by atoms with E-state index in [0.29, 0.717) is 6.04 Å². The molecule has 1 heterocycles. The number of hydrogen-bond acceptors (Lipinski definition) is 5. The van der Waals surface area contributed by atoms with Crippen LogP contribution in [0.4, 0.5) is 4.79 Å². The molecule has 1 aromatic heterocycles. The zero-order chi connectivity index (χ0) is 19.9. The summed E-state index contributed by atoms with van der Waals surface area (Å²) in [4.78, 5) is 15.6. The first kappa shape index (κ1) is 20.1. The third-order valence-electron chi connectivity index (χ3n) is 5.24. The fraction of sp³-hybridized carbons (Fsp3) is 0.455. The van der Waals surface area contributed by atoms with Gasteiger partial charge in [-0.25, -0.2) is 4.79 Å². The standard InChI is InChI=1S/C22H29N3O3/c1-15-12-17(10-11-24-15)16-4-9-21(27-3)18(13-16)14-25-19-5-7-20(8-6-19)28-22(26)23-2/h4,9-13,19-20,25H,5-8,14H2,1-3H3,(H,23,26). The van der Waals surface area contributed by atoms with E-state index in [0.717, 1.165) is 60.4 Å². The normalized spacial score (nSPS) is 19.1. The monoisotopic (exact) mass is 383 g/mol. The highest BCUT2D eigenvalue weighted by atomic mass is 16.6. The van der Waals surface area contributed by atoms with Crippen molar-refractivity contribution in [3.8, 4) is 16.9 Å². The molecular formula is C22H29N3O3. The van der Waals surface area contributed by atoms with E-state index < -0.39 is 0 Å². The maximum atomic E-state index is 11.3. The highest BCUT2D eigenvalue weighted by Crippen LogP contribution is 2.28. The molecule has 1 amide bonds. The van der Waals surface area contributed by atoms with Gasteiger partial charge in [-0.3, -0.25) is 4.98 Å². The first-order valence-corrected chi connectivity index (χ1v) is 9.80. The molecule has 0 unspecified atom stereocenters. The predicted molar refractivity (Wildman–Crippen MR) is 109 cm³/mol. The van der Waals surface area contributed by atoms with Gasteiger partial charge in [-0.15, -0.1) is 0 Å². The highest BCUT2D eigenvalue weighted by molar-refractivity contribution is 5.67. The molecule has 0 atom stereocenters. The predicted octanol–water partition coefficient (Wildman–Crippen LogP) is 3.82. The Balaban J connectivity index is 1.61. The number of methoxy groups -OCH3 is 1. The zero-order valence-electron chi connectivity index (χ0n) is 16.8. The van der Waals surface area contributed by atoms with Crippen molar-refractivity contribution in [3.05, 3.63) is 47.8 Å². The lowest BCUT2D eigenvalue weighted by Crippen LogP contribution is -2.36. The van der Waals surface area contributed by atoms with Crippen molar-refractivity contribution in [2.45, 2.75) is 51.3 Å². The van der Waals surface area contributed by atoms with Gasteiger partial charge in [0.25, 0.3) is 0 Å². The van der Waals surface area contributed by atoms with Crippen LogP contribution >= 0.6 is 0 Å². The van der Waals surface area contributed by atoms with Gasteiger partial charge in [0.15, 0.2) is 0 Å². The minimum atomic E-state index is -0.343. The first-order valence-electron chi connectivity index (χ1n) is 9.80. The van der Waals surface area contributed by atoms with Crippen molar-refractivity contribution >= 4 is 6.09 Å². The number of pyridine rings is 1. The molecule has 1 fully saturated rings. The summed E-state index contributed by atoms with van der Waals surface area (Å²) in [5.41, 5.74) is 4.45. The van der Waals surface area contributed by atoms with Gasteiger partial charge >= 0.3 is 6.09 Å². The van der Waals surface area contributed by atoms with E-state index in [4.69, 9.17) is 9.47 Å². The smallest absolute Gasteiger partial charge is 0.407 e. The molecule has 0 radical (unpaired) electrons. The molecule has 2 N–H and O–H groups in total. The first-order chi connectivity index (χ1) is 13.6. The summed E-state index contributed by atoms with van der Waals surface area (Å²) in [7, 11) is 3.29. The Morgan fingerprint density at radius 2 is 1.89 bits per heavy atom. The van der Waals surface area contributed by atoms with Crippen molar-refractivity contribution in [2.24, 2.45) is 0 Å². The van der Waals surface area contributed by atoms with Crippen LogP contribution in [0.3, 0.4) is 0 Å². The quantitative estimate of drug-likeness (QED) is 0.793. The van der Waals surface area contributed by atoms with E-state index in [1.54, 1.807) is 14.2 Å². The van der Waals surface area contributed by atoms with Crippen molar-refractivity contribution in [2.75, 3.05) is 14.2 Å². The lowest BCUT2D eigenvalue weighted by atomic mass is 9.92. The highest BCUT2D eigenvalue weighted by Gasteiger charge is 2.23. The molecule has 0 bridgehead atoms. The summed E-state index contributed by atoms with van der Waals surface area (Å²) in [6.07, 6.45) is 5.28. The van der Waals surface area contributed by atoms with Crippen LogP contribution in [0.25, 0.3) is 11.1 Å². The molecular weight excluding hydrogens is 354 g/mol. The zero-order valence-corrected chi connectivity index (χ0v) is 16.8. The Bertz CT molecular complexity index is 801. The van der Waals surface area contributed by atoms with Gasteiger partial charge < -0.3 is 20.1 Å². The summed E-state index contributed by atoms with van der Waals surface area (Å²) in [6, 6.07) is 10.8. The number of ether oxygens (including phenoxy) is 2. The lowest BCUT2D eigenvalue weighted by molar-refractivity contribution is 0.0701. The fourth-order valence-corrected chi connectivity index (χ4v) is 3.67. The number of nitrogens with one attached hydrogen (secondary N) is 2. The van der Waals surface area contributed by atoms with Crippen LogP contribution in [0.1, 0.15) is 36.9 Å². The number of carbonyl (C=O) groups excluding carboxylic acids is 1. The molecule has 150 valence electrons. The van der Waals surface area contributed by atoms with Crippen LogP contribution in [0.2, 0.25) is 0 Å². The summed E-state index contributed by atoms with van der Waals surface area (Å²) in [6.45, 7) is 2.74. The van der Waals surface area contributed by atoms with Crippen molar-refractivity contribution in [1.29, 1.82) is 0 Å². The van der Waals surface area contributed by atoms with Gasteiger partial charge in [0.2, 0.25) is 0 Å². The third-order valence-corrected chi connectivity index (χ3v) is 5.24. The lowest BCUT2D eigenvalue weighted by Gasteiger charge is -2.29. The topological polar surface area (TPSA) is 72.5 Å². The second kappa shape index (κ2) is 9.55. The van der Waals surface area contributed by atoms with Gasteiger partial charge in [-0.05, 0) is 68.0 Å². The fourth-order valence-electron chi connectivity index (χ4n) is 3.67. The molecule has 1 aliphatic carbocycles. The van der Waals surface area contributed by atoms with Crippen molar-refractivity contribution in [3.63, 3.8) is 0 Å². The maximum Gasteiger partial charge on any atom is 0.407 e. The van der Waals surface area contributed by atoms with E-state index >= 15 is 0 Å². The van der Waals surface area contributed by atoms with Crippen LogP contribution in [-0.2, 0) is 11.3 Å². The molecule has 1 aliphatic rings. The molecule has 1 saturated carbocycles. The van der Waals surface area contributed by atoms with Crippen LogP contribution < -0.4 is 15.4 Å². The van der Waals surface area contributed by atoms with E-state index in [9.17, 15) is 4.79 Å². The van der Waals surface area contributed by atoms with E-state index in [-0.39, 0.29) is 12.2 Å². The largest absolute Gasteiger partial charge is 0.496 e. The van der Waals surface area contributed by atoms with Crippen LogP contribution in [0, 0.1) is 6.92 Å². The van der Waals surface area contributed by atoms with E-state index in [2.05, 4.69) is 33.8 Å². The molecule has 0 aliphatic heterocycles. The Labute approximate surface area is 166 Å². The number of carbonyl (C=O) groups is 1. The Morgan fingerprint density at radius 1 is 1.14 bits per heavy atom. The Kier molecular flexibility index (Phi) is 6.87. The van der Waals surface area contributed by atoms with Crippen molar-refractivity contribution in [1.82, 2.24) is 15.6 Å². The summed E-state index contributed by atoms with van der Waals surface area (Å²) < 4.78 is 10.9. The SMILES string of the molecule is CNC(=O)OC1CCC(NCc2cc(-c3ccnc(C)c3)ccc2OC)CC1. The van der Waals surface area contributed by atoms with Gasteiger partial charge in [0, 0.05) is 37.1 Å². The molecule has 0 spiro atoms. The van der Waals surface area contributed by atoms with Gasteiger partial charge in [0.05, 0.1) is 7.11 Å². The number of aryl methyl sites for hydroxylation is 1. The molecule has 3 rings (SSSR count). The Hall–Kier alpha value is -2.60. The van der Waals surface area contributed by atoms with Gasteiger partial charge in [-0.2, -0.15) is 0 Å². The van der Waals surface area contributed by atoms with Crippen LogP contribution in [0.5, 0.6) is 5.75 Å². The number of aromatic nitrogens is 1.